The molecule has 0 radical (unpaired) electrons. The zero-order valence-corrected chi connectivity index (χ0v) is 21.9. The molecule has 0 fully saturated rings. The van der Waals surface area contributed by atoms with Gasteiger partial charge in [0.25, 0.3) is 5.69 Å². The molecule has 0 aromatic heterocycles. The van der Waals surface area contributed by atoms with Crippen molar-refractivity contribution in [2.24, 2.45) is 0 Å². The Labute approximate surface area is 202 Å². The van der Waals surface area contributed by atoms with Crippen LogP contribution >= 0.6 is 23.7 Å². The molecule has 8 heteroatoms. The molecule has 180 valence electrons. The summed E-state index contributed by atoms with van der Waals surface area (Å²) in [6.45, 7) is 2.25. The number of hydrogen-bond acceptors (Lipinski definition) is 4. The van der Waals surface area contributed by atoms with E-state index in [1.54, 1.807) is 0 Å². The van der Waals surface area contributed by atoms with Crippen LogP contribution in [0.5, 0.6) is 0 Å². The molecule has 1 N–H and O–H groups in total. The number of hydrogen-bond donors (Lipinski definition) is 1. The van der Waals surface area contributed by atoms with Gasteiger partial charge in [-0.25, -0.2) is 0 Å². The number of nitro benzene ring substituents is 1. The van der Waals surface area contributed by atoms with Crippen molar-refractivity contribution in [1.82, 2.24) is 0 Å². The van der Waals surface area contributed by atoms with E-state index in [9.17, 15) is 19.5 Å². The third-order valence-electron chi connectivity index (χ3n) is 5.53. The molecule has 0 saturated heterocycles. The van der Waals surface area contributed by atoms with Crippen LogP contribution in [0.1, 0.15) is 96.8 Å². The van der Waals surface area contributed by atoms with Crippen molar-refractivity contribution in [2.45, 2.75) is 96.8 Å². The second-order valence-corrected chi connectivity index (χ2v) is 10.8. The molecule has 1 aromatic carbocycles. The molecule has 1 amide bonds. The van der Waals surface area contributed by atoms with Gasteiger partial charge in [-0.05, 0) is 6.42 Å². The maximum absolute atomic E-state index is 12.4. The van der Waals surface area contributed by atoms with Gasteiger partial charge in [0, 0.05) is 30.0 Å². The molecule has 0 aliphatic rings. The van der Waals surface area contributed by atoms with E-state index in [4.69, 9.17) is 0 Å². The average molecular weight is 530 g/mol. The van der Waals surface area contributed by atoms with E-state index in [0.717, 1.165) is 19.3 Å². The lowest BCUT2D eigenvalue weighted by Gasteiger charge is -2.06. The number of rotatable bonds is 19. The van der Waals surface area contributed by atoms with Crippen molar-refractivity contribution in [3.63, 3.8) is 0 Å². The fourth-order valence-corrected chi connectivity index (χ4v) is 5.66. The fraction of sp³-hybridized carbons (Fsp3) is 0.708. The Kier molecular flexibility index (Phi) is 16.3. The lowest BCUT2D eigenvalue weighted by atomic mass is 10.0. The largest absolute Gasteiger partial charge is 0.379 e. The molecular weight excluding hydrogens is 491 g/mol. The van der Waals surface area contributed by atoms with Crippen LogP contribution in [0.4, 0.5) is 11.4 Å². The van der Waals surface area contributed by atoms with Gasteiger partial charge in [-0.15, -0.1) is 0 Å². The van der Waals surface area contributed by atoms with Gasteiger partial charge in [0.1, 0.15) is 5.69 Å². The number of carbonyl (C=O) groups excluding carboxylic acids is 1. The van der Waals surface area contributed by atoms with Crippen LogP contribution in [0.25, 0.3) is 0 Å². The van der Waals surface area contributed by atoms with Gasteiger partial charge in [0.2, 0.25) is 11.2 Å². The summed E-state index contributed by atoms with van der Waals surface area (Å²) in [5.41, 5.74) is 0.174. The Hall–Kier alpha value is -1.33. The number of halogens is 1. The number of nitro groups is 1. The summed E-state index contributed by atoms with van der Waals surface area (Å²) in [5.74, 6) is -0.183. The Morgan fingerprint density at radius 1 is 0.969 bits per heavy atom. The molecule has 1 unspecified atom stereocenters. The fourth-order valence-electron chi connectivity index (χ4n) is 3.67. The molecule has 1 rings (SSSR count). The van der Waals surface area contributed by atoms with Gasteiger partial charge in [-0.3, -0.25) is 14.9 Å². The van der Waals surface area contributed by atoms with Crippen LogP contribution in [0, 0.1) is 10.1 Å². The number of nitrogens with zero attached hydrogens (tertiary/aromatic N) is 1. The first-order valence-electron chi connectivity index (χ1n) is 12.1. The summed E-state index contributed by atoms with van der Waals surface area (Å²) in [5, 5.41) is 14.8. The molecule has 0 spiro atoms. The van der Waals surface area contributed by atoms with Gasteiger partial charge in [0.05, 0.1) is 4.92 Å². The molecule has 1 aromatic rings. The quantitative estimate of drug-likeness (QED) is 0.0648. The van der Waals surface area contributed by atoms with Crippen LogP contribution in [0.3, 0.4) is 0 Å². The topological polar surface area (TPSA) is 89.3 Å². The Morgan fingerprint density at radius 3 is 2.00 bits per heavy atom. The molecule has 0 aliphatic heterocycles. The Balaban J connectivity index is 2.26. The van der Waals surface area contributed by atoms with Gasteiger partial charge >= 0.3 is 7.80 Å². The third-order valence-corrected chi connectivity index (χ3v) is 8.10. The number of non-ortho nitro benzene ring substituents is 1. The highest BCUT2D eigenvalue weighted by molar-refractivity contribution is 9.09. The van der Waals surface area contributed by atoms with Crippen LogP contribution in [-0.2, 0) is 9.36 Å². The molecule has 6 nitrogen and oxygen atoms in total. The first-order valence-corrected chi connectivity index (χ1v) is 14.6. The highest BCUT2D eigenvalue weighted by atomic mass is 79.9. The molecule has 0 bridgehead atoms. The first kappa shape index (κ1) is 28.7. The van der Waals surface area contributed by atoms with Crippen LogP contribution in [0.15, 0.2) is 18.2 Å². The van der Waals surface area contributed by atoms with Crippen molar-refractivity contribution in [3.05, 3.63) is 28.3 Å². The van der Waals surface area contributed by atoms with Gasteiger partial charge in [-0.2, -0.15) is 0 Å². The van der Waals surface area contributed by atoms with Crippen LogP contribution in [0.2, 0.25) is 0 Å². The van der Waals surface area contributed by atoms with Gasteiger partial charge in [0.15, 0.2) is 6.16 Å². The summed E-state index contributed by atoms with van der Waals surface area (Å²) in [7, 11) is -1.73. The van der Waals surface area contributed by atoms with E-state index in [-0.39, 0.29) is 11.6 Å². The summed E-state index contributed by atoms with van der Waals surface area (Å²) >= 11 is 3.26. The zero-order chi connectivity index (χ0) is 23.6. The predicted octanol–water partition coefficient (Wildman–Crippen LogP) is 7.86. The monoisotopic (exact) mass is 529 g/mol. The van der Waals surface area contributed by atoms with Crippen molar-refractivity contribution in [1.29, 1.82) is 0 Å². The molecular formula is C24H39BrN2O4P+. The van der Waals surface area contributed by atoms with Crippen LogP contribution < -0.4 is 10.6 Å². The minimum atomic E-state index is -1.73. The van der Waals surface area contributed by atoms with E-state index < -0.39 is 12.7 Å². The highest BCUT2D eigenvalue weighted by Gasteiger charge is 2.26. The van der Waals surface area contributed by atoms with E-state index in [0.29, 0.717) is 28.9 Å². The third kappa shape index (κ3) is 12.6. The molecule has 0 aliphatic carbocycles. The SMILES string of the molecule is CCCCCCCCCCCCCCCC(=O)Nc1cc([N+](=O)[O-])ccc1[P+](=O)CCBr. The van der Waals surface area contributed by atoms with Gasteiger partial charge < -0.3 is 5.32 Å². The summed E-state index contributed by atoms with van der Waals surface area (Å²) in [4.78, 5) is 22.9. The number of alkyl halides is 1. The van der Waals surface area contributed by atoms with Crippen molar-refractivity contribution in [3.8, 4) is 0 Å². The normalized spacial score (nSPS) is 11.4. The highest BCUT2D eigenvalue weighted by Crippen LogP contribution is 2.28. The zero-order valence-electron chi connectivity index (χ0n) is 19.5. The lowest BCUT2D eigenvalue weighted by Crippen LogP contribution is -2.17. The maximum atomic E-state index is 12.4. The number of anilines is 1. The number of benzene rings is 1. The molecule has 0 heterocycles. The maximum Gasteiger partial charge on any atom is 0.379 e. The average Bonchev–Trinajstić information content (AvgIpc) is 2.77. The van der Waals surface area contributed by atoms with Crippen LogP contribution in [-0.4, -0.2) is 22.3 Å². The van der Waals surface area contributed by atoms with Gasteiger partial charge in [-0.1, -0.05) is 104 Å². The Morgan fingerprint density at radius 2 is 1.50 bits per heavy atom. The minimum Gasteiger partial charge on any atom is -0.322 e. The second kappa shape index (κ2) is 18.1. The number of carbonyl (C=O) groups is 1. The standard InChI is InChI=1S/C24H38BrN2O4P/c1-2-3-4-5-6-7-8-9-10-11-12-13-14-15-24(28)26-22-20-21(27(29)30)16-17-23(22)32(31)19-18-25/h16-17,20H,2-15,18-19H2,1H3/p+1. The van der Waals surface area contributed by atoms with Crippen molar-refractivity contribution < 1.29 is 14.3 Å². The molecule has 0 saturated carbocycles. The smallest absolute Gasteiger partial charge is 0.322 e. The molecule has 32 heavy (non-hydrogen) atoms. The van der Waals surface area contributed by atoms with E-state index in [2.05, 4.69) is 28.2 Å². The van der Waals surface area contributed by atoms with Crippen molar-refractivity contribution in [2.75, 3.05) is 16.8 Å². The molecule has 1 atom stereocenters. The van der Waals surface area contributed by atoms with E-state index >= 15 is 0 Å². The number of nitrogens with one attached hydrogen (secondary N) is 1. The summed E-state index contributed by atoms with van der Waals surface area (Å²) < 4.78 is 12.4. The first-order chi connectivity index (χ1) is 15.5. The number of amides is 1. The predicted molar refractivity (Wildman–Crippen MR) is 138 cm³/mol. The number of unbranched alkanes of at least 4 members (excludes halogenated alkanes) is 12. The summed E-state index contributed by atoms with van der Waals surface area (Å²) in [6, 6.07) is 4.12. The van der Waals surface area contributed by atoms with E-state index in [1.807, 2.05) is 0 Å². The minimum absolute atomic E-state index is 0.118. The Bertz CT molecular complexity index is 715. The van der Waals surface area contributed by atoms with Crippen molar-refractivity contribution >= 4 is 46.3 Å². The van der Waals surface area contributed by atoms with E-state index in [1.165, 1.54) is 82.4 Å². The second-order valence-electron chi connectivity index (χ2n) is 8.29. The lowest BCUT2D eigenvalue weighted by molar-refractivity contribution is -0.384. The summed E-state index contributed by atoms with van der Waals surface area (Å²) in [6.07, 6.45) is 16.9.